The van der Waals surface area contributed by atoms with Gasteiger partial charge in [0, 0.05) is 12.3 Å². The number of hydrogen-bond donors (Lipinski definition) is 5. The van der Waals surface area contributed by atoms with Crippen LogP contribution in [0.5, 0.6) is 0 Å². The number of carbonyl (C=O) groups excluding carboxylic acids is 3. The molecule has 28 heavy (non-hydrogen) atoms. The Balaban J connectivity index is 4.92. The normalized spacial score (nSPS) is 15.6. The summed E-state index contributed by atoms with van der Waals surface area (Å²) in [6, 6.07) is -1.87. The van der Waals surface area contributed by atoms with Gasteiger partial charge in [-0.15, -0.1) is 0 Å². The molecule has 0 saturated carbocycles. The van der Waals surface area contributed by atoms with Crippen molar-refractivity contribution >= 4 is 17.6 Å². The number of hydrogen-bond acceptors (Lipinski definition) is 6. The number of carbonyl (C=O) groups is 3. The first kappa shape index (κ1) is 26.5. The monoisotopic (exact) mass is 400 g/mol. The van der Waals surface area contributed by atoms with Gasteiger partial charge in [0.2, 0.25) is 11.8 Å². The average molecular weight is 401 g/mol. The van der Waals surface area contributed by atoms with Crippen LogP contribution in [0.1, 0.15) is 66.2 Å². The van der Waals surface area contributed by atoms with Gasteiger partial charge in [0.05, 0.1) is 12.1 Å². The van der Waals surface area contributed by atoms with Gasteiger partial charge in [-0.2, -0.15) is 0 Å². The topological polar surface area (TPSA) is 148 Å². The summed E-state index contributed by atoms with van der Waals surface area (Å²) in [7, 11) is 0. The smallest absolute Gasteiger partial charge is 0.245 e. The second-order valence-corrected chi connectivity index (χ2v) is 7.78. The fourth-order valence-electron chi connectivity index (χ4n) is 3.00. The molecular weight excluding hydrogens is 360 g/mol. The number of amides is 2. The third kappa shape index (κ3) is 10.1. The van der Waals surface area contributed by atoms with Crippen LogP contribution in [0.3, 0.4) is 0 Å². The number of aliphatic hydroxyl groups is 1. The minimum Gasteiger partial charge on any atom is -0.391 e. The average Bonchev–Trinajstić information content (AvgIpc) is 2.63. The van der Waals surface area contributed by atoms with Crippen LogP contribution in [-0.2, 0) is 14.4 Å². The fourth-order valence-corrected chi connectivity index (χ4v) is 3.00. The number of unbranched alkanes of at least 4 members (excludes halogenated alkanes) is 2. The van der Waals surface area contributed by atoms with Gasteiger partial charge in [0.25, 0.3) is 0 Å². The second kappa shape index (κ2) is 14.5. The van der Waals surface area contributed by atoms with E-state index in [0.29, 0.717) is 13.0 Å². The first-order valence-corrected chi connectivity index (χ1v) is 10.4. The van der Waals surface area contributed by atoms with Gasteiger partial charge in [-0.3, -0.25) is 14.4 Å². The highest BCUT2D eigenvalue weighted by Gasteiger charge is 2.30. The molecule has 7 N–H and O–H groups in total. The maximum Gasteiger partial charge on any atom is 0.245 e. The molecule has 0 heterocycles. The molecule has 8 nitrogen and oxygen atoms in total. The van der Waals surface area contributed by atoms with Crippen molar-refractivity contribution in [3.8, 4) is 0 Å². The van der Waals surface area contributed by atoms with Gasteiger partial charge in [-0.25, -0.2) is 0 Å². The number of aliphatic hydroxyl groups excluding tert-OH is 1. The molecule has 0 aromatic heterocycles. The summed E-state index contributed by atoms with van der Waals surface area (Å²) in [6.45, 7) is 7.66. The van der Waals surface area contributed by atoms with E-state index in [1.54, 1.807) is 13.8 Å². The molecular formula is C20H40N4O4. The second-order valence-electron chi connectivity index (χ2n) is 7.78. The highest BCUT2D eigenvalue weighted by Crippen LogP contribution is 2.13. The highest BCUT2D eigenvalue weighted by atomic mass is 16.3. The van der Waals surface area contributed by atoms with Crippen molar-refractivity contribution in [2.24, 2.45) is 23.3 Å². The van der Waals surface area contributed by atoms with Crippen LogP contribution < -0.4 is 22.1 Å². The quantitative estimate of drug-likeness (QED) is 0.252. The molecule has 0 aliphatic carbocycles. The van der Waals surface area contributed by atoms with E-state index >= 15 is 0 Å². The number of Topliss-reactive ketones (excluding diaryl/α,β-unsaturated/α-hetero) is 1. The first-order valence-electron chi connectivity index (χ1n) is 10.4. The Kier molecular flexibility index (Phi) is 13.7. The van der Waals surface area contributed by atoms with E-state index in [4.69, 9.17) is 11.5 Å². The molecule has 0 radical (unpaired) electrons. The molecule has 0 rings (SSSR count). The lowest BCUT2D eigenvalue weighted by atomic mass is 9.97. The molecule has 2 amide bonds. The molecule has 8 heteroatoms. The number of nitrogens with one attached hydrogen (secondary N) is 2. The van der Waals surface area contributed by atoms with E-state index in [0.717, 1.165) is 25.7 Å². The van der Waals surface area contributed by atoms with Crippen LogP contribution in [0.25, 0.3) is 0 Å². The minimum absolute atomic E-state index is 0.0387. The van der Waals surface area contributed by atoms with Crippen molar-refractivity contribution in [3.63, 3.8) is 0 Å². The van der Waals surface area contributed by atoms with Crippen molar-refractivity contribution < 1.29 is 19.5 Å². The zero-order valence-corrected chi connectivity index (χ0v) is 17.9. The molecule has 0 spiro atoms. The molecule has 0 aromatic carbocycles. The molecule has 0 bridgehead atoms. The molecule has 0 aliphatic heterocycles. The van der Waals surface area contributed by atoms with Gasteiger partial charge in [-0.1, -0.05) is 40.0 Å². The van der Waals surface area contributed by atoms with Crippen LogP contribution >= 0.6 is 0 Å². The van der Waals surface area contributed by atoms with Gasteiger partial charge >= 0.3 is 0 Å². The van der Waals surface area contributed by atoms with Crippen molar-refractivity contribution in [2.75, 3.05) is 13.1 Å². The molecule has 0 aromatic rings. The van der Waals surface area contributed by atoms with Gasteiger partial charge in [0.1, 0.15) is 6.04 Å². The summed E-state index contributed by atoms with van der Waals surface area (Å²) < 4.78 is 0. The lowest BCUT2D eigenvalue weighted by Crippen LogP contribution is -2.56. The molecule has 164 valence electrons. The fraction of sp³-hybridized carbons (Fsp3) is 0.850. The molecule has 0 saturated heterocycles. The van der Waals surface area contributed by atoms with Gasteiger partial charge < -0.3 is 27.2 Å². The maximum atomic E-state index is 12.6. The van der Waals surface area contributed by atoms with Crippen LogP contribution in [0.2, 0.25) is 0 Å². The largest absolute Gasteiger partial charge is 0.391 e. The van der Waals surface area contributed by atoms with E-state index in [1.165, 1.54) is 6.92 Å². The number of rotatable bonds is 15. The molecule has 1 unspecified atom stereocenters. The van der Waals surface area contributed by atoms with E-state index in [9.17, 15) is 19.5 Å². The van der Waals surface area contributed by atoms with Crippen LogP contribution in [0, 0.1) is 11.8 Å². The predicted molar refractivity (Wildman–Crippen MR) is 110 cm³/mol. The van der Waals surface area contributed by atoms with Crippen LogP contribution in [0.15, 0.2) is 0 Å². The summed E-state index contributed by atoms with van der Waals surface area (Å²) in [5.41, 5.74) is 11.3. The summed E-state index contributed by atoms with van der Waals surface area (Å²) in [4.78, 5) is 37.2. The van der Waals surface area contributed by atoms with E-state index < -0.39 is 24.1 Å². The summed E-state index contributed by atoms with van der Waals surface area (Å²) in [5.74, 6) is -1.28. The standard InChI is InChI=1S/C20H40N4O4/c1-5-6-7-8-15(12-22)11-17(26)24-18(14(4)25)20(28)23-16(9-10-21)19(27)13(2)3/h13-16,18,25H,5-12,21-22H2,1-4H3,(H,23,28)(H,24,26)/t14-,15?,16-,18-/m0/s1. The van der Waals surface area contributed by atoms with Crippen molar-refractivity contribution in [1.82, 2.24) is 10.6 Å². The Morgan fingerprint density at radius 1 is 1.00 bits per heavy atom. The predicted octanol–water partition coefficient (Wildman–Crippen LogP) is 0.456. The van der Waals surface area contributed by atoms with Crippen molar-refractivity contribution in [3.05, 3.63) is 0 Å². The Hall–Kier alpha value is -1.51. The zero-order chi connectivity index (χ0) is 21.7. The highest BCUT2D eigenvalue weighted by molar-refractivity contribution is 5.93. The third-order valence-corrected chi connectivity index (χ3v) is 4.79. The molecule has 4 atom stereocenters. The van der Waals surface area contributed by atoms with E-state index in [-0.39, 0.29) is 36.5 Å². The van der Waals surface area contributed by atoms with Gasteiger partial charge in [0.15, 0.2) is 5.78 Å². The first-order chi connectivity index (χ1) is 13.2. The van der Waals surface area contributed by atoms with Crippen LogP contribution in [-0.4, -0.2) is 54.0 Å². The van der Waals surface area contributed by atoms with Crippen molar-refractivity contribution in [1.29, 1.82) is 0 Å². The number of nitrogens with two attached hydrogens (primary N) is 2. The Bertz CT molecular complexity index is 483. The molecule has 0 fully saturated rings. The van der Waals surface area contributed by atoms with Crippen LogP contribution in [0.4, 0.5) is 0 Å². The third-order valence-electron chi connectivity index (χ3n) is 4.79. The SMILES string of the molecule is CCCCCC(CN)CC(=O)N[C@H](C(=O)N[C@@H](CCN)C(=O)C(C)C)[C@H](C)O. The van der Waals surface area contributed by atoms with E-state index in [1.807, 2.05) is 0 Å². The van der Waals surface area contributed by atoms with Crippen molar-refractivity contribution in [2.45, 2.75) is 84.4 Å². The van der Waals surface area contributed by atoms with E-state index in [2.05, 4.69) is 17.6 Å². The lowest BCUT2D eigenvalue weighted by molar-refractivity contribution is -0.134. The Morgan fingerprint density at radius 2 is 1.64 bits per heavy atom. The van der Waals surface area contributed by atoms with Gasteiger partial charge in [-0.05, 0) is 38.8 Å². The Morgan fingerprint density at radius 3 is 2.11 bits per heavy atom. The number of ketones is 1. The maximum absolute atomic E-state index is 12.6. The summed E-state index contributed by atoms with van der Waals surface area (Å²) in [5, 5.41) is 15.2. The zero-order valence-electron chi connectivity index (χ0n) is 17.9. The minimum atomic E-state index is -1.14. The summed E-state index contributed by atoms with van der Waals surface area (Å²) in [6.07, 6.45) is 3.43. The lowest BCUT2D eigenvalue weighted by Gasteiger charge is -2.25. The summed E-state index contributed by atoms with van der Waals surface area (Å²) >= 11 is 0. The molecule has 0 aliphatic rings. The Labute approximate surface area is 169 Å².